The number of aromatic nitrogens is 3. The van der Waals surface area contributed by atoms with Crippen LogP contribution in [0.2, 0.25) is 10.0 Å². The molecule has 0 saturated heterocycles. The first-order valence-electron chi connectivity index (χ1n) is 10.9. The number of para-hydroxylation sites is 2. The van der Waals surface area contributed by atoms with Gasteiger partial charge in [-0.3, -0.25) is 19.8 Å². The molecule has 0 radical (unpaired) electrons. The third-order valence-electron chi connectivity index (χ3n) is 5.74. The van der Waals surface area contributed by atoms with Gasteiger partial charge in [0.05, 0.1) is 40.8 Å². The second kappa shape index (κ2) is 9.41. The lowest BCUT2D eigenvalue weighted by atomic mass is 10.1. The van der Waals surface area contributed by atoms with Crippen LogP contribution in [0.1, 0.15) is 12.5 Å². The van der Waals surface area contributed by atoms with Crippen LogP contribution in [0.25, 0.3) is 28.0 Å². The summed E-state index contributed by atoms with van der Waals surface area (Å²) in [6.07, 6.45) is 1.72. The largest absolute Gasteiger partial charge is 0.326 e. The highest BCUT2D eigenvalue weighted by atomic mass is 35.5. The molecule has 2 aromatic heterocycles. The number of rotatable bonds is 5. The molecule has 6 nitrogen and oxygen atoms in total. The molecule has 174 valence electrons. The van der Waals surface area contributed by atoms with E-state index in [1.165, 1.54) is 6.92 Å². The van der Waals surface area contributed by atoms with Crippen molar-refractivity contribution in [1.29, 1.82) is 5.41 Å². The van der Waals surface area contributed by atoms with E-state index in [-0.39, 0.29) is 5.91 Å². The molecule has 0 unspecified atom stereocenters. The Labute approximate surface area is 211 Å². The number of benzene rings is 3. The van der Waals surface area contributed by atoms with Gasteiger partial charge in [0.2, 0.25) is 11.5 Å². The lowest BCUT2D eigenvalue weighted by Gasteiger charge is -2.11. The molecule has 5 rings (SSSR count). The van der Waals surface area contributed by atoms with Crippen LogP contribution >= 0.6 is 23.2 Å². The molecule has 8 heteroatoms. The predicted octanol–water partition coefficient (Wildman–Crippen LogP) is 6.29. The molecule has 2 N–H and O–H groups in total. The van der Waals surface area contributed by atoms with E-state index < -0.39 is 0 Å². The number of anilines is 1. The van der Waals surface area contributed by atoms with Gasteiger partial charge in [-0.25, -0.2) is 0 Å². The number of carbonyl (C=O) groups is 1. The van der Waals surface area contributed by atoms with E-state index in [0.717, 1.165) is 27.8 Å². The highest BCUT2D eigenvalue weighted by molar-refractivity contribution is 6.31. The average molecular weight is 502 g/mol. The van der Waals surface area contributed by atoms with Crippen LogP contribution in [0.5, 0.6) is 0 Å². The number of hydrogen-bond acceptors (Lipinski definition) is 3. The minimum absolute atomic E-state index is 0.175. The summed E-state index contributed by atoms with van der Waals surface area (Å²) in [4.78, 5) is 16.3. The minimum atomic E-state index is -0.175. The van der Waals surface area contributed by atoms with Gasteiger partial charge in [0.25, 0.3) is 0 Å². The van der Waals surface area contributed by atoms with Gasteiger partial charge in [-0.2, -0.15) is 0 Å². The van der Waals surface area contributed by atoms with Crippen LogP contribution in [-0.2, 0) is 11.3 Å². The molecular formula is C27H21Cl2N5O. The maximum absolute atomic E-state index is 11.6. The first kappa shape index (κ1) is 22.9. The summed E-state index contributed by atoms with van der Waals surface area (Å²) >= 11 is 12.6. The summed E-state index contributed by atoms with van der Waals surface area (Å²) < 4.78 is 3.78. The lowest BCUT2D eigenvalue weighted by molar-refractivity contribution is -0.114. The van der Waals surface area contributed by atoms with Crippen LogP contribution in [0, 0.1) is 5.41 Å². The van der Waals surface area contributed by atoms with E-state index in [1.54, 1.807) is 24.4 Å². The van der Waals surface area contributed by atoms with Crippen molar-refractivity contribution in [1.82, 2.24) is 14.1 Å². The van der Waals surface area contributed by atoms with Gasteiger partial charge in [-0.15, -0.1) is 0 Å². The molecule has 0 saturated carbocycles. The molecule has 5 aromatic rings. The van der Waals surface area contributed by atoms with Crippen molar-refractivity contribution in [2.24, 2.45) is 0 Å². The Morgan fingerprint density at radius 3 is 2.43 bits per heavy atom. The van der Waals surface area contributed by atoms with Gasteiger partial charge < -0.3 is 9.88 Å². The second-order valence-corrected chi connectivity index (χ2v) is 8.94. The molecule has 0 bridgehead atoms. The maximum atomic E-state index is 11.6. The highest BCUT2D eigenvalue weighted by Crippen LogP contribution is 2.30. The summed E-state index contributed by atoms with van der Waals surface area (Å²) in [5, 5.41) is 13.0. The Balaban J connectivity index is 1.60. The van der Waals surface area contributed by atoms with Gasteiger partial charge in [-0.05, 0) is 54.1 Å². The molecule has 0 fully saturated rings. The number of amides is 1. The molecule has 0 aliphatic heterocycles. The van der Waals surface area contributed by atoms with Crippen molar-refractivity contribution >= 4 is 45.8 Å². The number of nitrogens with one attached hydrogen (secondary N) is 2. The quantitative estimate of drug-likeness (QED) is 0.297. The topological polar surface area (TPSA) is 75.7 Å². The van der Waals surface area contributed by atoms with E-state index >= 15 is 0 Å². The zero-order chi connectivity index (χ0) is 24.5. The summed E-state index contributed by atoms with van der Waals surface area (Å²) in [6.45, 7) is 1.93. The van der Waals surface area contributed by atoms with Crippen LogP contribution in [0.4, 0.5) is 5.69 Å². The van der Waals surface area contributed by atoms with E-state index in [1.807, 2.05) is 69.8 Å². The Bertz CT molecular complexity index is 1620. The first-order chi connectivity index (χ1) is 16.9. The standard InChI is InChI=1S/C27H21Cl2N5O/c1-17(35)32-24-12-10-19(28)14-21(24)23-13-11-20(15-31-23)34-26-9-5-4-8-25(26)33(27(34)30)16-18-6-2-3-7-22(18)29/h2-15,30H,16H2,1H3,(H,32,35). The number of nitrogens with zero attached hydrogens (tertiary/aromatic N) is 3. The number of pyridine rings is 1. The van der Waals surface area contributed by atoms with Gasteiger partial charge in [0.15, 0.2) is 0 Å². The van der Waals surface area contributed by atoms with Crippen molar-refractivity contribution in [2.45, 2.75) is 13.5 Å². The van der Waals surface area contributed by atoms with Crippen LogP contribution in [0.3, 0.4) is 0 Å². The molecular weight excluding hydrogens is 481 g/mol. The van der Waals surface area contributed by atoms with Gasteiger partial charge >= 0.3 is 0 Å². The average Bonchev–Trinajstić information content (AvgIpc) is 3.13. The molecule has 0 aliphatic rings. The van der Waals surface area contributed by atoms with Crippen LogP contribution in [-0.4, -0.2) is 20.0 Å². The summed E-state index contributed by atoms with van der Waals surface area (Å²) in [7, 11) is 0. The minimum Gasteiger partial charge on any atom is -0.326 e. The van der Waals surface area contributed by atoms with Gasteiger partial charge in [0.1, 0.15) is 0 Å². The zero-order valence-corrected chi connectivity index (χ0v) is 20.3. The predicted molar refractivity (Wildman–Crippen MR) is 140 cm³/mol. The number of imidazole rings is 1. The number of fused-ring (bicyclic) bond motifs is 1. The Morgan fingerprint density at radius 1 is 0.971 bits per heavy atom. The second-order valence-electron chi connectivity index (χ2n) is 8.10. The van der Waals surface area contributed by atoms with Crippen LogP contribution < -0.4 is 10.9 Å². The summed E-state index contributed by atoms with van der Waals surface area (Å²) in [6, 6.07) is 24.6. The normalized spacial score (nSPS) is 11.1. The fourth-order valence-electron chi connectivity index (χ4n) is 4.15. The van der Waals surface area contributed by atoms with E-state index in [2.05, 4.69) is 10.3 Å². The van der Waals surface area contributed by atoms with Crippen molar-refractivity contribution in [3.8, 4) is 16.9 Å². The smallest absolute Gasteiger partial charge is 0.221 e. The van der Waals surface area contributed by atoms with Crippen molar-refractivity contribution < 1.29 is 4.79 Å². The Morgan fingerprint density at radius 2 is 1.71 bits per heavy atom. The SMILES string of the molecule is CC(=O)Nc1ccc(Cl)cc1-c1ccc(-n2c(=N)n(Cc3ccccc3Cl)c3ccccc32)cn1. The van der Waals surface area contributed by atoms with Gasteiger partial charge in [0, 0.05) is 22.5 Å². The van der Waals surface area contributed by atoms with Crippen LogP contribution in [0.15, 0.2) is 85.1 Å². The van der Waals surface area contributed by atoms with E-state index in [0.29, 0.717) is 33.6 Å². The van der Waals surface area contributed by atoms with E-state index in [4.69, 9.17) is 28.6 Å². The fourth-order valence-corrected chi connectivity index (χ4v) is 4.52. The first-order valence-corrected chi connectivity index (χ1v) is 11.7. The number of halogens is 2. The zero-order valence-electron chi connectivity index (χ0n) is 18.8. The third-order valence-corrected chi connectivity index (χ3v) is 6.35. The van der Waals surface area contributed by atoms with Crippen molar-refractivity contribution in [3.05, 3.63) is 106 Å². The number of carbonyl (C=O) groups excluding carboxylic acids is 1. The summed E-state index contributed by atoms with van der Waals surface area (Å²) in [5.41, 5.74) is 5.81. The monoisotopic (exact) mass is 501 g/mol. The van der Waals surface area contributed by atoms with Crippen molar-refractivity contribution in [3.63, 3.8) is 0 Å². The molecule has 1 amide bonds. The highest BCUT2D eigenvalue weighted by Gasteiger charge is 2.15. The van der Waals surface area contributed by atoms with E-state index in [9.17, 15) is 4.79 Å². The fraction of sp³-hybridized carbons (Fsp3) is 0.0741. The summed E-state index contributed by atoms with van der Waals surface area (Å²) in [5.74, 6) is -0.175. The molecule has 0 aliphatic carbocycles. The maximum Gasteiger partial charge on any atom is 0.221 e. The molecule has 0 atom stereocenters. The molecule has 0 spiro atoms. The molecule has 35 heavy (non-hydrogen) atoms. The molecule has 2 heterocycles. The Hall–Kier alpha value is -3.87. The number of hydrogen-bond donors (Lipinski definition) is 2. The van der Waals surface area contributed by atoms with Gasteiger partial charge in [-0.1, -0.05) is 53.5 Å². The van der Waals surface area contributed by atoms with Crippen molar-refractivity contribution in [2.75, 3.05) is 5.32 Å². The third kappa shape index (κ3) is 4.46. The lowest BCUT2D eigenvalue weighted by Crippen LogP contribution is -2.24. The Kier molecular flexibility index (Phi) is 6.16. The molecule has 3 aromatic carbocycles.